The van der Waals surface area contributed by atoms with Gasteiger partial charge >= 0.3 is 0 Å². The number of aromatic nitrogens is 4. The Morgan fingerprint density at radius 2 is 1.81 bits per heavy atom. The average Bonchev–Trinajstić information content (AvgIpc) is 3.20. The second-order valence-corrected chi connectivity index (χ2v) is 9.10. The number of thioether (sulfide) groups is 1. The maximum atomic E-state index is 9.96. The van der Waals surface area contributed by atoms with Crippen LogP contribution in [0.1, 0.15) is 10.6 Å². The van der Waals surface area contributed by atoms with Crippen molar-refractivity contribution in [2.24, 2.45) is 0 Å². The molecule has 158 valence electrons. The Morgan fingerprint density at radius 1 is 1.10 bits per heavy atom. The quantitative estimate of drug-likeness (QED) is 0.207. The van der Waals surface area contributed by atoms with Crippen molar-refractivity contribution >= 4 is 34.9 Å². The van der Waals surface area contributed by atoms with Gasteiger partial charge in [0.1, 0.15) is 21.7 Å². The highest BCUT2D eigenvalue weighted by atomic mass is 32.2. The zero-order valence-electron chi connectivity index (χ0n) is 17.1. The lowest BCUT2D eigenvalue weighted by Crippen LogP contribution is -2.01. The maximum absolute atomic E-state index is 9.96. The molecule has 2 aromatic heterocycles. The first-order valence-corrected chi connectivity index (χ1v) is 11.3. The van der Waals surface area contributed by atoms with E-state index in [1.165, 1.54) is 56.2 Å². The van der Waals surface area contributed by atoms with Crippen molar-refractivity contribution in [1.29, 1.82) is 5.26 Å². The second kappa shape index (κ2) is 10.4. The number of nitriles is 1. The number of hydrogen-bond acceptors (Lipinski definition) is 11. The zero-order chi connectivity index (χ0) is 22.4. The average molecular weight is 472 g/mol. The van der Waals surface area contributed by atoms with Gasteiger partial charge in [0.15, 0.2) is 21.0 Å². The van der Waals surface area contributed by atoms with Crippen LogP contribution in [0.15, 0.2) is 26.7 Å². The lowest BCUT2D eigenvalue weighted by molar-refractivity contribution is 0.324. The molecule has 0 aliphatic heterocycles. The fraction of sp³-hybridized carbons (Fsp3) is 0.250. The Labute approximate surface area is 192 Å². The van der Waals surface area contributed by atoms with E-state index in [0.717, 1.165) is 5.01 Å². The van der Waals surface area contributed by atoms with E-state index in [0.29, 0.717) is 54.3 Å². The van der Waals surface area contributed by atoms with E-state index >= 15 is 0 Å². The molecule has 3 aromatic rings. The minimum absolute atomic E-state index is 0.303. The van der Waals surface area contributed by atoms with Gasteiger partial charge in [0, 0.05) is 5.56 Å². The molecule has 31 heavy (non-hydrogen) atoms. The van der Waals surface area contributed by atoms with Crippen molar-refractivity contribution < 1.29 is 14.2 Å². The summed E-state index contributed by atoms with van der Waals surface area (Å²) in [4.78, 5) is 9.14. The van der Waals surface area contributed by atoms with Gasteiger partial charge in [-0.25, -0.2) is 9.97 Å². The van der Waals surface area contributed by atoms with Gasteiger partial charge in [-0.1, -0.05) is 29.0 Å². The molecule has 0 spiro atoms. The summed E-state index contributed by atoms with van der Waals surface area (Å²) >= 11 is 3.99. The van der Waals surface area contributed by atoms with Crippen molar-refractivity contribution in [3.63, 3.8) is 0 Å². The molecule has 0 aliphatic carbocycles. The topological polar surface area (TPSA) is 103 Å². The van der Waals surface area contributed by atoms with Crippen LogP contribution in [0.25, 0.3) is 11.3 Å². The van der Waals surface area contributed by atoms with E-state index in [4.69, 9.17) is 20.6 Å². The molecule has 8 nitrogen and oxygen atoms in total. The summed E-state index contributed by atoms with van der Waals surface area (Å²) in [5, 5.41) is 19.9. The van der Waals surface area contributed by atoms with Crippen LogP contribution in [0.2, 0.25) is 0 Å². The summed E-state index contributed by atoms with van der Waals surface area (Å²) in [7, 11) is 4.58. The van der Waals surface area contributed by atoms with E-state index in [1.807, 2.05) is 6.92 Å². The molecule has 2 heterocycles. The summed E-state index contributed by atoms with van der Waals surface area (Å²) in [6.07, 6.45) is 5.41. The monoisotopic (exact) mass is 471 g/mol. The zero-order valence-corrected chi connectivity index (χ0v) is 19.6. The normalized spacial score (nSPS) is 10.3. The molecule has 0 aliphatic rings. The van der Waals surface area contributed by atoms with E-state index < -0.39 is 0 Å². The highest BCUT2D eigenvalue weighted by Crippen LogP contribution is 2.43. The molecular formula is C20H17N5O3S3. The fourth-order valence-corrected chi connectivity index (χ4v) is 4.98. The molecule has 0 saturated carbocycles. The number of ether oxygens (including phenoxy) is 3. The second-order valence-electron chi connectivity index (χ2n) is 5.74. The van der Waals surface area contributed by atoms with Gasteiger partial charge < -0.3 is 14.2 Å². The number of methoxy groups -OCH3 is 3. The summed E-state index contributed by atoms with van der Waals surface area (Å²) in [5.74, 6) is 4.30. The number of benzene rings is 1. The standard InChI is InChI=1S/C20H17N5O3S3/c1-6-7-29-19-22-16(12-8-14(26-3)17(28-5)15(9-12)27-4)13(10-21)18(23-19)31-20-25-24-11(2)30-20/h1,8-9H,7H2,2-5H3. The summed E-state index contributed by atoms with van der Waals surface area (Å²) in [5.41, 5.74) is 1.35. The van der Waals surface area contributed by atoms with E-state index in [9.17, 15) is 5.26 Å². The Hall–Kier alpha value is -2.99. The van der Waals surface area contributed by atoms with Crippen LogP contribution in [0.4, 0.5) is 0 Å². The SMILES string of the molecule is C#CCSc1nc(Sc2nnc(C)s2)c(C#N)c(-c2cc(OC)c(OC)c(OC)c2)n1. The van der Waals surface area contributed by atoms with Gasteiger partial charge in [0.05, 0.1) is 32.8 Å². The van der Waals surface area contributed by atoms with Gasteiger partial charge in [-0.3, -0.25) is 0 Å². The Morgan fingerprint density at radius 3 is 2.32 bits per heavy atom. The Kier molecular flexibility index (Phi) is 7.58. The molecule has 0 bridgehead atoms. The molecule has 0 fully saturated rings. The maximum Gasteiger partial charge on any atom is 0.203 e. The van der Waals surface area contributed by atoms with Crippen molar-refractivity contribution in [1.82, 2.24) is 20.2 Å². The number of aryl methyl sites for hydroxylation is 1. The predicted octanol–water partition coefficient (Wildman–Crippen LogP) is 4.08. The number of hydrogen-bond donors (Lipinski definition) is 0. The molecule has 0 radical (unpaired) electrons. The third kappa shape index (κ3) is 5.02. The smallest absolute Gasteiger partial charge is 0.203 e. The minimum Gasteiger partial charge on any atom is -0.493 e. The molecule has 0 amide bonds. The molecule has 11 heteroatoms. The highest BCUT2D eigenvalue weighted by molar-refractivity contribution is 8.01. The van der Waals surface area contributed by atoms with Gasteiger partial charge in [-0.15, -0.1) is 16.6 Å². The van der Waals surface area contributed by atoms with Gasteiger partial charge in [0.25, 0.3) is 0 Å². The third-order valence-corrected chi connectivity index (χ3v) is 6.51. The molecule has 0 N–H and O–H groups in total. The fourth-order valence-electron chi connectivity index (χ4n) is 2.60. The van der Waals surface area contributed by atoms with Gasteiger partial charge in [0.2, 0.25) is 5.75 Å². The Balaban J connectivity index is 2.22. The lowest BCUT2D eigenvalue weighted by atomic mass is 10.1. The van der Waals surface area contributed by atoms with Gasteiger partial charge in [-0.05, 0) is 30.8 Å². The largest absolute Gasteiger partial charge is 0.493 e. The lowest BCUT2D eigenvalue weighted by Gasteiger charge is -2.15. The van der Waals surface area contributed by atoms with E-state index in [2.05, 4.69) is 32.2 Å². The van der Waals surface area contributed by atoms with E-state index in [1.54, 1.807) is 12.1 Å². The molecule has 3 rings (SSSR count). The number of rotatable bonds is 8. The molecular weight excluding hydrogens is 454 g/mol. The van der Waals surface area contributed by atoms with Crippen LogP contribution in [-0.4, -0.2) is 47.2 Å². The van der Waals surface area contributed by atoms with Crippen LogP contribution >= 0.6 is 34.9 Å². The number of terminal acetylenes is 1. The van der Waals surface area contributed by atoms with Crippen molar-refractivity contribution in [3.8, 4) is 46.9 Å². The van der Waals surface area contributed by atoms with Crippen LogP contribution in [0, 0.1) is 30.6 Å². The Bertz CT molecular complexity index is 1160. The molecule has 1 aromatic carbocycles. The molecule has 0 atom stereocenters. The first-order valence-electron chi connectivity index (χ1n) is 8.71. The summed E-state index contributed by atoms with van der Waals surface area (Å²) < 4.78 is 17.0. The van der Waals surface area contributed by atoms with Crippen molar-refractivity contribution in [3.05, 3.63) is 22.7 Å². The van der Waals surface area contributed by atoms with Gasteiger partial charge in [-0.2, -0.15) is 5.26 Å². The van der Waals surface area contributed by atoms with Crippen LogP contribution in [0.5, 0.6) is 17.2 Å². The molecule has 0 saturated heterocycles. The third-order valence-electron chi connectivity index (χ3n) is 3.88. The number of nitrogens with zero attached hydrogens (tertiary/aromatic N) is 5. The highest BCUT2D eigenvalue weighted by Gasteiger charge is 2.22. The first kappa shape index (κ1) is 22.7. The predicted molar refractivity (Wildman–Crippen MR) is 120 cm³/mol. The van der Waals surface area contributed by atoms with Crippen LogP contribution in [-0.2, 0) is 0 Å². The van der Waals surface area contributed by atoms with Crippen molar-refractivity contribution in [2.75, 3.05) is 27.1 Å². The first-order chi connectivity index (χ1) is 15.0. The minimum atomic E-state index is 0.303. The van der Waals surface area contributed by atoms with Crippen LogP contribution in [0.3, 0.4) is 0 Å². The summed E-state index contributed by atoms with van der Waals surface area (Å²) in [6.45, 7) is 1.86. The van der Waals surface area contributed by atoms with E-state index in [-0.39, 0.29) is 0 Å². The van der Waals surface area contributed by atoms with Crippen LogP contribution < -0.4 is 14.2 Å². The summed E-state index contributed by atoms with van der Waals surface area (Å²) in [6, 6.07) is 5.70. The molecule has 0 unspecified atom stereocenters. The van der Waals surface area contributed by atoms with Crippen molar-refractivity contribution in [2.45, 2.75) is 21.4 Å².